The van der Waals surface area contributed by atoms with Crippen LogP contribution in [0.25, 0.3) is 0 Å². The van der Waals surface area contributed by atoms with Crippen molar-refractivity contribution in [2.24, 2.45) is 0 Å². The van der Waals surface area contributed by atoms with Gasteiger partial charge in [0, 0.05) is 10.3 Å². The summed E-state index contributed by atoms with van der Waals surface area (Å²) in [6.07, 6.45) is 0. The van der Waals surface area contributed by atoms with Gasteiger partial charge in [0.15, 0.2) is 0 Å². The monoisotopic (exact) mass is 295 g/mol. The molecule has 2 aromatic rings. The predicted molar refractivity (Wildman–Crippen MR) is 78.8 cm³/mol. The first-order valence-corrected chi connectivity index (χ1v) is 7.76. The van der Waals surface area contributed by atoms with Crippen molar-refractivity contribution in [1.82, 2.24) is 15.5 Å². The number of carbonyl (C=O) groups is 1. The van der Waals surface area contributed by atoms with Gasteiger partial charge in [0.05, 0.1) is 6.04 Å². The van der Waals surface area contributed by atoms with E-state index < -0.39 is 0 Å². The summed E-state index contributed by atoms with van der Waals surface area (Å²) in [7, 11) is 0. The molecule has 4 nitrogen and oxygen atoms in total. The van der Waals surface area contributed by atoms with E-state index in [9.17, 15) is 4.79 Å². The molecule has 0 fully saturated rings. The second-order valence-electron chi connectivity index (χ2n) is 5.37. The number of rotatable bonds is 3. The number of amides is 1. The molecule has 2 aromatic heterocycles. The fourth-order valence-electron chi connectivity index (χ4n) is 1.49. The fourth-order valence-corrected chi connectivity index (χ4v) is 3.02. The van der Waals surface area contributed by atoms with Crippen LogP contribution in [-0.2, 0) is 5.41 Å². The summed E-state index contributed by atoms with van der Waals surface area (Å²) < 4.78 is 0. The largest absolute Gasteiger partial charge is 0.343 e. The summed E-state index contributed by atoms with van der Waals surface area (Å²) in [4.78, 5) is 13.2. The molecule has 0 aliphatic carbocycles. The molecular weight excluding hydrogens is 278 g/mol. The molecule has 1 amide bonds. The van der Waals surface area contributed by atoms with Gasteiger partial charge in [-0.3, -0.25) is 4.79 Å². The summed E-state index contributed by atoms with van der Waals surface area (Å²) >= 11 is 2.99. The van der Waals surface area contributed by atoms with Crippen LogP contribution >= 0.6 is 22.7 Å². The zero-order chi connectivity index (χ0) is 14.0. The van der Waals surface area contributed by atoms with Gasteiger partial charge in [-0.1, -0.05) is 38.2 Å². The van der Waals surface area contributed by atoms with Crippen molar-refractivity contribution in [3.8, 4) is 0 Å². The average Bonchev–Trinajstić information content (AvgIpc) is 3.00. The highest BCUT2D eigenvalue weighted by Gasteiger charge is 2.22. The highest BCUT2D eigenvalue weighted by molar-refractivity contribution is 7.13. The molecule has 0 saturated carbocycles. The van der Waals surface area contributed by atoms with Gasteiger partial charge in [0.2, 0.25) is 5.01 Å². The van der Waals surface area contributed by atoms with E-state index in [0.29, 0.717) is 5.01 Å². The maximum atomic E-state index is 12.1. The standard InChI is InChI=1S/C13H17N3OS2/c1-8(9-6-5-7-18-9)14-10(17)11-15-16-12(19-11)13(2,3)4/h5-8H,1-4H3,(H,14,17)/t8-/m1/s1. The van der Waals surface area contributed by atoms with Crippen LogP contribution in [0.2, 0.25) is 0 Å². The van der Waals surface area contributed by atoms with Crippen LogP contribution in [0.1, 0.15) is 53.4 Å². The normalized spacial score (nSPS) is 13.3. The Kier molecular flexibility index (Phi) is 4.01. The Balaban J connectivity index is 2.06. The molecule has 6 heteroatoms. The lowest BCUT2D eigenvalue weighted by Crippen LogP contribution is -2.25. The van der Waals surface area contributed by atoms with Crippen LogP contribution in [-0.4, -0.2) is 16.1 Å². The second kappa shape index (κ2) is 5.38. The van der Waals surface area contributed by atoms with Crippen LogP contribution in [0, 0.1) is 0 Å². The number of nitrogens with zero attached hydrogens (tertiary/aromatic N) is 2. The zero-order valence-electron chi connectivity index (χ0n) is 11.4. The van der Waals surface area contributed by atoms with Crippen molar-refractivity contribution in [2.75, 3.05) is 0 Å². The molecule has 19 heavy (non-hydrogen) atoms. The molecule has 0 aliphatic rings. The second-order valence-corrected chi connectivity index (χ2v) is 7.33. The van der Waals surface area contributed by atoms with E-state index in [-0.39, 0.29) is 17.4 Å². The average molecular weight is 295 g/mol. The Morgan fingerprint density at radius 3 is 2.63 bits per heavy atom. The van der Waals surface area contributed by atoms with Crippen molar-refractivity contribution in [3.63, 3.8) is 0 Å². The number of carbonyl (C=O) groups excluding carboxylic acids is 1. The van der Waals surface area contributed by atoms with E-state index in [1.54, 1.807) is 11.3 Å². The summed E-state index contributed by atoms with van der Waals surface area (Å²) in [6, 6.07) is 3.98. The molecule has 102 valence electrons. The minimum absolute atomic E-state index is 0.00510. The molecule has 0 saturated heterocycles. The first kappa shape index (κ1) is 14.1. The highest BCUT2D eigenvalue weighted by Crippen LogP contribution is 2.26. The number of hydrogen-bond acceptors (Lipinski definition) is 5. The summed E-state index contributed by atoms with van der Waals surface area (Å²) in [5, 5.41) is 14.3. The van der Waals surface area contributed by atoms with Gasteiger partial charge in [0.1, 0.15) is 5.01 Å². The third-order valence-corrected chi connectivity index (χ3v) is 4.98. The van der Waals surface area contributed by atoms with Crippen LogP contribution in [0.5, 0.6) is 0 Å². The minimum Gasteiger partial charge on any atom is -0.343 e. The molecule has 0 aromatic carbocycles. The molecular formula is C13H17N3OS2. The lowest BCUT2D eigenvalue weighted by molar-refractivity contribution is 0.0939. The fraction of sp³-hybridized carbons (Fsp3) is 0.462. The van der Waals surface area contributed by atoms with Gasteiger partial charge in [-0.2, -0.15) is 0 Å². The van der Waals surface area contributed by atoms with Gasteiger partial charge in [-0.25, -0.2) is 0 Å². The van der Waals surface area contributed by atoms with Crippen molar-refractivity contribution >= 4 is 28.6 Å². The predicted octanol–water partition coefficient (Wildman–Crippen LogP) is 3.39. The molecule has 2 rings (SSSR count). The van der Waals surface area contributed by atoms with Crippen LogP contribution in [0.15, 0.2) is 17.5 Å². The first-order valence-electron chi connectivity index (χ1n) is 6.06. The molecule has 1 N–H and O–H groups in total. The Morgan fingerprint density at radius 2 is 2.11 bits per heavy atom. The summed E-state index contributed by atoms with van der Waals surface area (Å²) in [5.74, 6) is -0.158. The lowest BCUT2D eigenvalue weighted by atomic mass is 9.98. The van der Waals surface area contributed by atoms with Gasteiger partial charge < -0.3 is 5.32 Å². The Morgan fingerprint density at radius 1 is 1.37 bits per heavy atom. The third kappa shape index (κ3) is 3.39. The van der Waals surface area contributed by atoms with E-state index in [1.807, 2.05) is 24.4 Å². The van der Waals surface area contributed by atoms with Gasteiger partial charge in [0.25, 0.3) is 5.91 Å². The van der Waals surface area contributed by atoms with E-state index in [2.05, 4.69) is 36.3 Å². The van der Waals surface area contributed by atoms with E-state index in [4.69, 9.17) is 0 Å². The molecule has 0 radical (unpaired) electrons. The highest BCUT2D eigenvalue weighted by atomic mass is 32.1. The third-order valence-electron chi connectivity index (χ3n) is 2.58. The quantitative estimate of drug-likeness (QED) is 0.944. The molecule has 2 heterocycles. The maximum absolute atomic E-state index is 12.1. The molecule has 0 aliphatic heterocycles. The van der Waals surface area contributed by atoms with Crippen molar-refractivity contribution in [1.29, 1.82) is 0 Å². The van der Waals surface area contributed by atoms with Gasteiger partial charge in [-0.15, -0.1) is 21.5 Å². The maximum Gasteiger partial charge on any atom is 0.282 e. The summed E-state index contributed by atoms with van der Waals surface area (Å²) in [6.45, 7) is 8.14. The minimum atomic E-state index is -0.158. The van der Waals surface area contributed by atoms with Crippen molar-refractivity contribution < 1.29 is 4.79 Å². The zero-order valence-corrected chi connectivity index (χ0v) is 13.1. The summed E-state index contributed by atoms with van der Waals surface area (Å²) in [5.41, 5.74) is -0.0738. The Labute approximate surface area is 120 Å². The van der Waals surface area contributed by atoms with Crippen LogP contribution in [0.3, 0.4) is 0 Å². The van der Waals surface area contributed by atoms with Gasteiger partial charge >= 0.3 is 0 Å². The van der Waals surface area contributed by atoms with Crippen LogP contribution < -0.4 is 5.32 Å². The number of thiophene rings is 1. The van der Waals surface area contributed by atoms with Crippen molar-refractivity contribution in [3.05, 3.63) is 32.4 Å². The van der Waals surface area contributed by atoms with E-state index in [1.165, 1.54) is 11.3 Å². The van der Waals surface area contributed by atoms with Gasteiger partial charge in [-0.05, 0) is 18.4 Å². The topological polar surface area (TPSA) is 54.9 Å². The number of nitrogens with one attached hydrogen (secondary N) is 1. The smallest absolute Gasteiger partial charge is 0.282 e. The lowest BCUT2D eigenvalue weighted by Gasteiger charge is -2.12. The Bertz CT molecular complexity index is 555. The Hall–Kier alpha value is -1.27. The molecule has 0 unspecified atom stereocenters. The number of aromatic nitrogens is 2. The van der Waals surface area contributed by atoms with Crippen LogP contribution in [0.4, 0.5) is 0 Å². The van der Waals surface area contributed by atoms with E-state index >= 15 is 0 Å². The number of hydrogen-bond donors (Lipinski definition) is 1. The molecule has 1 atom stereocenters. The SMILES string of the molecule is C[C@@H](NC(=O)c1nnc(C(C)(C)C)s1)c1cccs1. The molecule has 0 bridgehead atoms. The van der Waals surface area contributed by atoms with E-state index in [0.717, 1.165) is 9.88 Å². The first-order chi connectivity index (χ1) is 8.88. The van der Waals surface area contributed by atoms with Crippen molar-refractivity contribution in [2.45, 2.75) is 39.2 Å². The molecule has 0 spiro atoms.